The first kappa shape index (κ1) is 12.2. The Balaban J connectivity index is 2.50. The number of hydrogen-bond acceptors (Lipinski definition) is 0. The second-order valence-corrected chi connectivity index (χ2v) is 12.3. The van der Waals surface area contributed by atoms with Crippen LogP contribution in [0.5, 0.6) is 0 Å². The molecule has 0 radical (unpaired) electrons. The van der Waals surface area contributed by atoms with Gasteiger partial charge in [-0.3, -0.25) is 0 Å². The molecule has 0 nitrogen and oxygen atoms in total. The van der Waals surface area contributed by atoms with Gasteiger partial charge in [0.25, 0.3) is 0 Å². The first-order valence-electron chi connectivity index (χ1n) is 5.85. The third-order valence-corrected chi connectivity index (χ3v) is 11.3. The summed E-state index contributed by atoms with van der Waals surface area (Å²) in [7, 11) is 0. The fourth-order valence-electron chi connectivity index (χ4n) is 2.13. The van der Waals surface area contributed by atoms with Crippen molar-refractivity contribution < 1.29 is 0 Å². The molecule has 0 aliphatic rings. The average molecular weight is 285 g/mol. The monoisotopic (exact) mass is 285 g/mol. The van der Waals surface area contributed by atoms with Crippen LogP contribution in [0.15, 0.2) is 73.3 Å². The molecule has 0 N–H and O–H groups in total. The maximum absolute atomic E-state index is 3.94. The van der Waals surface area contributed by atoms with Crippen molar-refractivity contribution in [2.24, 2.45) is 0 Å². The van der Waals surface area contributed by atoms with Gasteiger partial charge < -0.3 is 0 Å². The van der Waals surface area contributed by atoms with E-state index in [2.05, 4.69) is 79.0 Å². The number of allylic oxidation sites excluding steroid dienone is 1. The van der Waals surface area contributed by atoms with Crippen molar-refractivity contribution in [3.05, 3.63) is 73.3 Å². The third kappa shape index (κ3) is 2.53. The van der Waals surface area contributed by atoms with Crippen molar-refractivity contribution in [1.82, 2.24) is 0 Å². The molecule has 0 amide bonds. The number of hydrogen-bond donors (Lipinski definition) is 0. The first-order valence-corrected chi connectivity index (χ1v) is 10.9. The Labute approximate surface area is 106 Å². The number of rotatable bonds is 4. The Morgan fingerprint density at radius 3 is 1.65 bits per heavy atom. The van der Waals surface area contributed by atoms with E-state index in [1.165, 1.54) is 8.70 Å². The molecule has 86 valence electrons. The van der Waals surface area contributed by atoms with Crippen LogP contribution in [0.3, 0.4) is 0 Å². The zero-order valence-corrected chi connectivity index (χ0v) is 12.1. The van der Waals surface area contributed by atoms with Crippen LogP contribution in [0.2, 0.25) is 10.9 Å². The summed E-state index contributed by atoms with van der Waals surface area (Å²) in [5.41, 5.74) is 2.45. The third-order valence-electron chi connectivity index (χ3n) is 3.15. The molecular weight excluding hydrogens is 267 g/mol. The van der Waals surface area contributed by atoms with Crippen LogP contribution in [-0.4, -0.2) is 13.6 Å². The van der Waals surface area contributed by atoms with E-state index in [9.17, 15) is 0 Å². The summed E-state index contributed by atoms with van der Waals surface area (Å²) in [6.45, 7) is 3.94. The zero-order valence-electron chi connectivity index (χ0n) is 10.2. The summed E-state index contributed by atoms with van der Waals surface area (Å²) in [4.78, 5) is 0. The van der Waals surface area contributed by atoms with Gasteiger partial charge in [0, 0.05) is 0 Å². The zero-order chi connectivity index (χ0) is 12.1. The Hall–Kier alpha value is -1.26. The van der Waals surface area contributed by atoms with E-state index in [0.29, 0.717) is 0 Å². The van der Waals surface area contributed by atoms with E-state index in [1.807, 2.05) is 0 Å². The Bertz CT molecular complexity index is 434. The molecule has 0 bridgehead atoms. The Morgan fingerprint density at radius 2 is 1.29 bits per heavy atom. The Morgan fingerprint density at radius 1 is 0.882 bits per heavy atom. The van der Waals surface area contributed by atoms with Crippen molar-refractivity contribution in [2.45, 2.75) is 10.9 Å². The molecule has 1 heteroatoms. The summed E-state index contributed by atoms with van der Waals surface area (Å²) < 4.78 is 3.02. The van der Waals surface area contributed by atoms with Crippen LogP contribution in [0, 0.1) is 0 Å². The number of benzene rings is 2. The van der Waals surface area contributed by atoms with Crippen molar-refractivity contribution in [2.75, 3.05) is 0 Å². The van der Waals surface area contributed by atoms with Gasteiger partial charge in [-0.05, 0) is 0 Å². The van der Waals surface area contributed by atoms with Gasteiger partial charge in [0.05, 0.1) is 0 Å². The summed E-state index contributed by atoms with van der Waals surface area (Å²) >= 11 is -2.01. The van der Waals surface area contributed by atoms with E-state index in [1.54, 1.807) is 0 Å². The van der Waals surface area contributed by atoms with Gasteiger partial charge in [0.15, 0.2) is 0 Å². The van der Waals surface area contributed by atoms with Crippen LogP contribution in [0.25, 0.3) is 0 Å². The molecule has 0 fully saturated rings. The van der Waals surface area contributed by atoms with Gasteiger partial charge >= 0.3 is 106 Å². The molecule has 0 saturated heterocycles. The van der Waals surface area contributed by atoms with Gasteiger partial charge in [-0.25, -0.2) is 0 Å². The molecule has 17 heavy (non-hydrogen) atoms. The fraction of sp³-hybridized carbons (Fsp3) is 0.125. The van der Waals surface area contributed by atoms with E-state index in [-0.39, 0.29) is 0 Å². The topological polar surface area (TPSA) is 0 Å². The summed E-state index contributed by atoms with van der Waals surface area (Å²) in [6, 6.07) is 21.8. The normalized spacial score (nSPS) is 11.1. The summed E-state index contributed by atoms with van der Waals surface area (Å²) in [5.74, 6) is 0. The SMILES string of the molecule is C=CC[As+](C)(c1ccccc1)c1ccccc1. The van der Waals surface area contributed by atoms with Crippen LogP contribution >= 0.6 is 0 Å². The molecule has 2 aromatic carbocycles. The van der Waals surface area contributed by atoms with Gasteiger partial charge in [-0.2, -0.15) is 0 Å². The van der Waals surface area contributed by atoms with E-state index < -0.39 is 13.6 Å². The first-order chi connectivity index (χ1) is 8.27. The second-order valence-electron chi connectivity index (χ2n) is 4.33. The Kier molecular flexibility index (Phi) is 3.86. The van der Waals surface area contributed by atoms with Gasteiger partial charge in [-0.15, -0.1) is 0 Å². The van der Waals surface area contributed by atoms with Gasteiger partial charge in [-0.1, -0.05) is 0 Å². The molecule has 2 aromatic rings. The summed E-state index contributed by atoms with van der Waals surface area (Å²) in [6.07, 6.45) is 2.08. The molecule has 0 aliphatic carbocycles. The van der Waals surface area contributed by atoms with Crippen molar-refractivity contribution in [3.8, 4) is 0 Å². The molecule has 2 rings (SSSR count). The van der Waals surface area contributed by atoms with Crippen LogP contribution in [0.1, 0.15) is 0 Å². The van der Waals surface area contributed by atoms with Crippen LogP contribution < -0.4 is 8.70 Å². The summed E-state index contributed by atoms with van der Waals surface area (Å²) in [5, 5.41) is 1.12. The quantitative estimate of drug-likeness (QED) is 0.598. The predicted octanol–water partition coefficient (Wildman–Crippen LogP) is 3.07. The second kappa shape index (κ2) is 5.38. The minimum atomic E-state index is -2.01. The average Bonchev–Trinajstić information content (AvgIpc) is 2.41. The molecule has 0 spiro atoms. The molecule has 0 unspecified atom stereocenters. The molecule has 0 aliphatic heterocycles. The van der Waals surface area contributed by atoms with E-state index >= 15 is 0 Å². The minimum absolute atomic E-state index is 1.12. The van der Waals surface area contributed by atoms with E-state index in [0.717, 1.165) is 5.21 Å². The predicted molar refractivity (Wildman–Crippen MR) is 78.8 cm³/mol. The van der Waals surface area contributed by atoms with Crippen molar-refractivity contribution in [3.63, 3.8) is 0 Å². The molecule has 0 atom stereocenters. The molecular formula is C16H18As+. The van der Waals surface area contributed by atoms with Crippen molar-refractivity contribution in [1.29, 1.82) is 0 Å². The molecule has 0 aromatic heterocycles. The van der Waals surface area contributed by atoms with Crippen LogP contribution in [0.4, 0.5) is 0 Å². The molecule has 0 heterocycles. The standard InChI is InChI=1S/C16H18As/c1-3-14-17(2,15-10-6-4-7-11-15)16-12-8-5-9-13-16/h3-13H,1,14H2,2H3/q+1. The fourth-order valence-corrected chi connectivity index (χ4v) is 8.21. The van der Waals surface area contributed by atoms with Crippen molar-refractivity contribution >= 4 is 22.3 Å². The van der Waals surface area contributed by atoms with Gasteiger partial charge in [0.1, 0.15) is 0 Å². The van der Waals surface area contributed by atoms with Crippen LogP contribution in [-0.2, 0) is 0 Å². The maximum atomic E-state index is 3.94. The molecule has 0 saturated carbocycles. The van der Waals surface area contributed by atoms with Gasteiger partial charge in [0.2, 0.25) is 0 Å². The van der Waals surface area contributed by atoms with E-state index in [4.69, 9.17) is 0 Å².